The van der Waals surface area contributed by atoms with Crippen LogP contribution in [0.3, 0.4) is 0 Å². The van der Waals surface area contributed by atoms with Crippen molar-refractivity contribution in [2.75, 3.05) is 7.11 Å². The first-order chi connectivity index (χ1) is 8.19. The van der Waals surface area contributed by atoms with Gasteiger partial charge in [-0.15, -0.1) is 11.3 Å². The van der Waals surface area contributed by atoms with Crippen LogP contribution >= 0.6 is 11.3 Å². The van der Waals surface area contributed by atoms with Crippen LogP contribution in [0.2, 0.25) is 0 Å². The number of hydrogen-bond donors (Lipinski definition) is 0. The lowest BCUT2D eigenvalue weighted by atomic mass is 9.96. The van der Waals surface area contributed by atoms with Crippen LogP contribution in [-0.4, -0.2) is 7.11 Å². The average molecular weight is 254 g/mol. The van der Waals surface area contributed by atoms with Gasteiger partial charge in [-0.05, 0) is 25.3 Å². The Balaban J connectivity index is 2.38. The van der Waals surface area contributed by atoms with Crippen molar-refractivity contribution in [1.82, 2.24) is 0 Å². The molecule has 1 rings (SSSR count). The van der Waals surface area contributed by atoms with E-state index < -0.39 is 0 Å². The number of thiophene rings is 1. The van der Waals surface area contributed by atoms with Gasteiger partial charge in [-0.3, -0.25) is 0 Å². The van der Waals surface area contributed by atoms with E-state index in [-0.39, 0.29) is 0 Å². The van der Waals surface area contributed by atoms with Crippen LogP contribution in [0.1, 0.15) is 68.7 Å². The van der Waals surface area contributed by atoms with Crippen molar-refractivity contribution in [3.63, 3.8) is 0 Å². The predicted octanol–water partition coefficient (Wildman–Crippen LogP) is 5.53. The van der Waals surface area contributed by atoms with Gasteiger partial charge in [0.2, 0.25) is 0 Å². The molecule has 1 atom stereocenters. The summed E-state index contributed by atoms with van der Waals surface area (Å²) < 4.78 is 5.45. The van der Waals surface area contributed by atoms with Crippen LogP contribution in [0.4, 0.5) is 0 Å². The topological polar surface area (TPSA) is 9.23 Å². The van der Waals surface area contributed by atoms with Crippen molar-refractivity contribution in [1.29, 1.82) is 0 Å². The minimum Gasteiger partial charge on any atom is -0.487 e. The third-order valence-corrected chi connectivity index (χ3v) is 4.33. The van der Waals surface area contributed by atoms with Crippen LogP contribution in [0.5, 0.6) is 5.06 Å². The average Bonchev–Trinajstić information content (AvgIpc) is 2.70. The molecule has 0 amide bonds. The smallest absolute Gasteiger partial charge is 0.177 e. The molecule has 2 heteroatoms. The molecule has 98 valence electrons. The number of methoxy groups -OCH3 is 1. The molecule has 1 aromatic rings. The SMILES string of the molecule is CCCCCCCC(C)c1cc(C)sc1OC. The highest BCUT2D eigenvalue weighted by Crippen LogP contribution is 2.37. The number of rotatable bonds is 8. The molecule has 0 radical (unpaired) electrons. The largest absolute Gasteiger partial charge is 0.487 e. The van der Waals surface area contributed by atoms with Crippen LogP contribution in [0, 0.1) is 6.92 Å². The summed E-state index contributed by atoms with van der Waals surface area (Å²) in [5.74, 6) is 0.636. The van der Waals surface area contributed by atoms with Gasteiger partial charge in [0.05, 0.1) is 7.11 Å². The molecule has 1 unspecified atom stereocenters. The van der Waals surface area contributed by atoms with E-state index in [2.05, 4.69) is 26.8 Å². The van der Waals surface area contributed by atoms with Gasteiger partial charge >= 0.3 is 0 Å². The van der Waals surface area contributed by atoms with Gasteiger partial charge in [0, 0.05) is 10.4 Å². The lowest BCUT2D eigenvalue weighted by molar-refractivity contribution is 0.417. The van der Waals surface area contributed by atoms with Crippen molar-refractivity contribution >= 4 is 11.3 Å². The van der Waals surface area contributed by atoms with E-state index in [1.807, 2.05) is 0 Å². The second-order valence-electron chi connectivity index (χ2n) is 4.91. The summed E-state index contributed by atoms with van der Waals surface area (Å²) in [4.78, 5) is 1.36. The van der Waals surface area contributed by atoms with Crippen LogP contribution in [0.25, 0.3) is 0 Å². The quantitative estimate of drug-likeness (QED) is 0.554. The maximum atomic E-state index is 5.45. The minimum atomic E-state index is 0.636. The molecule has 0 N–H and O–H groups in total. The van der Waals surface area contributed by atoms with Gasteiger partial charge < -0.3 is 4.74 Å². The summed E-state index contributed by atoms with van der Waals surface area (Å²) in [5, 5.41) is 1.11. The van der Waals surface area contributed by atoms with Crippen molar-refractivity contribution in [2.24, 2.45) is 0 Å². The predicted molar refractivity (Wildman–Crippen MR) is 77.4 cm³/mol. The highest BCUT2D eigenvalue weighted by Gasteiger charge is 2.14. The van der Waals surface area contributed by atoms with E-state index in [0.29, 0.717) is 5.92 Å². The van der Waals surface area contributed by atoms with Crippen molar-refractivity contribution in [2.45, 2.75) is 65.2 Å². The molecule has 0 spiro atoms. The van der Waals surface area contributed by atoms with Gasteiger partial charge in [-0.1, -0.05) is 46.0 Å². The first-order valence-electron chi connectivity index (χ1n) is 6.83. The molecule has 0 aliphatic carbocycles. The molecule has 1 heterocycles. The van der Waals surface area contributed by atoms with Gasteiger partial charge in [-0.25, -0.2) is 0 Å². The fraction of sp³-hybridized carbons (Fsp3) is 0.733. The molecular weight excluding hydrogens is 228 g/mol. The molecule has 17 heavy (non-hydrogen) atoms. The lowest BCUT2D eigenvalue weighted by Gasteiger charge is -2.11. The Morgan fingerprint density at radius 1 is 1.24 bits per heavy atom. The Morgan fingerprint density at radius 2 is 1.94 bits per heavy atom. The highest BCUT2D eigenvalue weighted by atomic mass is 32.1. The molecule has 1 aromatic heterocycles. The zero-order valence-electron chi connectivity index (χ0n) is 11.7. The van der Waals surface area contributed by atoms with E-state index in [4.69, 9.17) is 4.74 Å². The summed E-state index contributed by atoms with van der Waals surface area (Å²) in [6, 6.07) is 2.29. The van der Waals surface area contributed by atoms with Crippen molar-refractivity contribution in [3.05, 3.63) is 16.5 Å². The Hall–Kier alpha value is -0.500. The molecule has 0 fully saturated rings. The normalized spacial score (nSPS) is 12.7. The summed E-state index contributed by atoms with van der Waals surface area (Å²) in [5.41, 5.74) is 1.41. The number of hydrogen-bond acceptors (Lipinski definition) is 2. The molecule has 0 saturated carbocycles. The molecular formula is C15H26OS. The Labute approximate surface area is 110 Å². The molecule has 0 aromatic carbocycles. The Kier molecular flexibility index (Phi) is 6.64. The monoisotopic (exact) mass is 254 g/mol. The zero-order chi connectivity index (χ0) is 12.7. The van der Waals surface area contributed by atoms with Crippen molar-refractivity contribution < 1.29 is 4.74 Å². The standard InChI is InChI=1S/C15H26OS/c1-5-6-7-8-9-10-12(2)14-11-13(3)17-15(14)16-4/h11-12H,5-10H2,1-4H3. The fourth-order valence-corrected chi connectivity index (χ4v) is 3.16. The van der Waals surface area contributed by atoms with E-state index in [0.717, 1.165) is 5.06 Å². The second kappa shape index (κ2) is 7.75. The van der Waals surface area contributed by atoms with Crippen LogP contribution in [-0.2, 0) is 0 Å². The molecule has 0 saturated heterocycles. The molecule has 0 aliphatic heterocycles. The maximum Gasteiger partial charge on any atom is 0.177 e. The van der Waals surface area contributed by atoms with Crippen LogP contribution < -0.4 is 4.74 Å². The Bertz CT molecular complexity index is 317. The van der Waals surface area contributed by atoms with Crippen molar-refractivity contribution in [3.8, 4) is 5.06 Å². The van der Waals surface area contributed by atoms with E-state index in [9.17, 15) is 0 Å². The zero-order valence-corrected chi connectivity index (χ0v) is 12.5. The summed E-state index contributed by atoms with van der Waals surface area (Å²) in [7, 11) is 1.78. The van der Waals surface area contributed by atoms with Gasteiger partial charge in [-0.2, -0.15) is 0 Å². The van der Waals surface area contributed by atoms with Crippen LogP contribution in [0.15, 0.2) is 6.07 Å². The number of unbranched alkanes of at least 4 members (excludes halogenated alkanes) is 4. The number of aryl methyl sites for hydroxylation is 1. The highest BCUT2D eigenvalue weighted by molar-refractivity contribution is 7.14. The van der Waals surface area contributed by atoms with E-state index in [1.165, 1.54) is 49.0 Å². The fourth-order valence-electron chi connectivity index (χ4n) is 2.23. The molecule has 1 nitrogen and oxygen atoms in total. The third kappa shape index (κ3) is 4.71. The second-order valence-corrected chi connectivity index (χ2v) is 6.13. The van der Waals surface area contributed by atoms with Gasteiger partial charge in [0.1, 0.15) is 0 Å². The lowest BCUT2D eigenvalue weighted by Crippen LogP contribution is -1.94. The summed E-state index contributed by atoms with van der Waals surface area (Å²) >= 11 is 1.77. The van der Waals surface area contributed by atoms with Gasteiger partial charge in [0.15, 0.2) is 5.06 Å². The maximum absolute atomic E-state index is 5.45. The molecule has 0 bridgehead atoms. The number of ether oxygens (including phenoxy) is 1. The van der Waals surface area contributed by atoms with Gasteiger partial charge in [0.25, 0.3) is 0 Å². The first-order valence-corrected chi connectivity index (χ1v) is 7.65. The minimum absolute atomic E-state index is 0.636. The van der Waals surface area contributed by atoms with E-state index >= 15 is 0 Å². The van der Waals surface area contributed by atoms with E-state index in [1.54, 1.807) is 18.4 Å². The summed E-state index contributed by atoms with van der Waals surface area (Å²) in [6.07, 6.45) is 8.12. The summed E-state index contributed by atoms with van der Waals surface area (Å²) in [6.45, 7) is 6.75. The first kappa shape index (κ1) is 14.6. The third-order valence-electron chi connectivity index (χ3n) is 3.31. The Morgan fingerprint density at radius 3 is 2.59 bits per heavy atom. The molecule has 0 aliphatic rings.